The number of carbonyl (C=O) groups is 3. The summed E-state index contributed by atoms with van der Waals surface area (Å²) in [7, 11) is 0. The molecule has 0 spiro atoms. The molecule has 3 fully saturated rings. The molecule has 6 atom stereocenters. The van der Waals surface area contributed by atoms with Gasteiger partial charge in [-0.05, 0) is 52.8 Å². The van der Waals surface area contributed by atoms with Crippen LogP contribution in [0.15, 0.2) is 48.5 Å². The third-order valence-electron chi connectivity index (χ3n) is 8.44. The van der Waals surface area contributed by atoms with Crippen LogP contribution in [0.1, 0.15) is 36.3 Å². The third-order valence-corrected chi connectivity index (χ3v) is 8.44. The maximum absolute atomic E-state index is 13.3. The first-order chi connectivity index (χ1) is 16.9. The maximum Gasteiger partial charge on any atom is 0.407 e. The van der Waals surface area contributed by atoms with Crippen molar-refractivity contribution in [2.45, 2.75) is 43.4 Å². The molecular weight excluding hydrogens is 448 g/mol. The number of ether oxygens (including phenoxy) is 1. The van der Waals surface area contributed by atoms with Crippen molar-refractivity contribution >= 4 is 18.0 Å². The highest BCUT2D eigenvalue weighted by Gasteiger charge is 2.60. The molecule has 6 unspecified atom stereocenters. The first-order valence-electron chi connectivity index (χ1n) is 12.2. The Labute approximate surface area is 202 Å². The van der Waals surface area contributed by atoms with Gasteiger partial charge in [-0.25, -0.2) is 4.79 Å². The van der Waals surface area contributed by atoms with Crippen molar-refractivity contribution in [2.75, 3.05) is 13.2 Å². The molecule has 1 saturated heterocycles. The molecule has 35 heavy (non-hydrogen) atoms. The second-order valence-corrected chi connectivity index (χ2v) is 10.2. The number of aliphatic carboxylic acids is 1. The van der Waals surface area contributed by atoms with E-state index in [0.717, 1.165) is 35.1 Å². The zero-order chi connectivity index (χ0) is 24.3. The molecule has 182 valence electrons. The van der Waals surface area contributed by atoms with Crippen molar-refractivity contribution in [3.63, 3.8) is 0 Å². The molecule has 8 nitrogen and oxygen atoms in total. The van der Waals surface area contributed by atoms with Gasteiger partial charge in [0.25, 0.3) is 0 Å². The lowest BCUT2D eigenvalue weighted by Crippen LogP contribution is -2.53. The fourth-order valence-electron chi connectivity index (χ4n) is 7.03. The first-order valence-corrected chi connectivity index (χ1v) is 12.2. The van der Waals surface area contributed by atoms with E-state index in [0.29, 0.717) is 12.5 Å². The second-order valence-electron chi connectivity index (χ2n) is 10.2. The number of benzene rings is 2. The molecule has 3 N–H and O–H groups in total. The van der Waals surface area contributed by atoms with E-state index in [1.807, 2.05) is 48.5 Å². The number of carbonyl (C=O) groups excluding carboxylic acids is 2. The Morgan fingerprint density at radius 2 is 1.66 bits per heavy atom. The number of amides is 2. The summed E-state index contributed by atoms with van der Waals surface area (Å²) >= 11 is 0. The standard InChI is InChI=1S/C27H28N2O6/c30-23(31)11-22(26(33)29-12-15-9-14-10-20(15)24(29)25(14)32)28-27(34)35-13-21-18-7-3-1-5-16(18)17-6-2-4-8-19(17)21/h1-8,14-15,20-22,24-25,32H,9-13H2,(H,28,34)(H,30,31). The van der Waals surface area contributed by atoms with Gasteiger partial charge in [0, 0.05) is 12.5 Å². The maximum atomic E-state index is 13.3. The number of aliphatic hydroxyl groups is 1. The van der Waals surface area contributed by atoms with Gasteiger partial charge in [0.2, 0.25) is 5.91 Å². The highest BCUT2D eigenvalue weighted by molar-refractivity contribution is 5.90. The van der Waals surface area contributed by atoms with Crippen LogP contribution >= 0.6 is 0 Å². The zero-order valence-corrected chi connectivity index (χ0v) is 19.2. The summed E-state index contributed by atoms with van der Waals surface area (Å²) in [5, 5.41) is 22.5. The normalized spacial score (nSPS) is 28.5. The van der Waals surface area contributed by atoms with Crippen LogP contribution in [0, 0.1) is 17.8 Å². The molecule has 2 aromatic rings. The van der Waals surface area contributed by atoms with Gasteiger partial charge in [-0.2, -0.15) is 0 Å². The number of hydrogen-bond acceptors (Lipinski definition) is 5. The van der Waals surface area contributed by atoms with Crippen molar-refractivity contribution in [3.8, 4) is 11.1 Å². The van der Waals surface area contributed by atoms with Crippen LogP contribution < -0.4 is 5.32 Å². The zero-order valence-electron chi connectivity index (χ0n) is 19.2. The Bertz CT molecular complexity index is 1150. The van der Waals surface area contributed by atoms with Crippen LogP contribution in [0.3, 0.4) is 0 Å². The van der Waals surface area contributed by atoms with Gasteiger partial charge in [0.15, 0.2) is 0 Å². The lowest BCUT2D eigenvalue weighted by Gasteiger charge is -2.31. The molecule has 6 rings (SSSR count). The Hall–Kier alpha value is -3.39. The summed E-state index contributed by atoms with van der Waals surface area (Å²) in [4.78, 5) is 39.2. The molecule has 2 aromatic carbocycles. The van der Waals surface area contributed by atoms with E-state index in [9.17, 15) is 24.6 Å². The fourth-order valence-corrected chi connectivity index (χ4v) is 7.03. The fraction of sp³-hybridized carbons (Fsp3) is 0.444. The number of fused-ring (bicyclic) bond motifs is 4. The van der Waals surface area contributed by atoms with Crippen molar-refractivity contribution < 1.29 is 29.3 Å². The van der Waals surface area contributed by atoms with Gasteiger partial charge < -0.3 is 25.2 Å². The summed E-state index contributed by atoms with van der Waals surface area (Å²) in [6.45, 7) is 0.578. The number of aliphatic hydroxyl groups excluding tert-OH is 1. The lowest BCUT2D eigenvalue weighted by atomic mass is 9.88. The summed E-state index contributed by atoms with van der Waals surface area (Å²) in [6, 6.07) is 14.4. The van der Waals surface area contributed by atoms with E-state index < -0.39 is 36.5 Å². The predicted octanol–water partition coefficient (Wildman–Crippen LogP) is 2.60. The Kier molecular flexibility index (Phi) is 5.29. The minimum Gasteiger partial charge on any atom is -0.481 e. The molecule has 1 aliphatic heterocycles. The number of carboxylic acids is 1. The number of carboxylic acid groups (broad SMARTS) is 1. The van der Waals surface area contributed by atoms with Crippen molar-refractivity contribution in [1.29, 1.82) is 0 Å². The molecule has 3 aliphatic carbocycles. The number of hydrogen-bond donors (Lipinski definition) is 3. The summed E-state index contributed by atoms with van der Waals surface area (Å²) in [5.74, 6) is -0.965. The van der Waals surface area contributed by atoms with Crippen LogP contribution in [0.4, 0.5) is 4.79 Å². The van der Waals surface area contributed by atoms with Crippen LogP contribution in [0.25, 0.3) is 11.1 Å². The van der Waals surface area contributed by atoms with Crippen molar-refractivity contribution in [3.05, 3.63) is 59.7 Å². The molecule has 2 amide bonds. The second kappa shape index (κ2) is 8.37. The van der Waals surface area contributed by atoms with Gasteiger partial charge in [0.1, 0.15) is 12.6 Å². The Morgan fingerprint density at radius 1 is 1.00 bits per heavy atom. The molecule has 0 aromatic heterocycles. The van der Waals surface area contributed by atoms with Crippen LogP contribution in [0.2, 0.25) is 0 Å². The first kappa shape index (κ1) is 22.1. The van der Waals surface area contributed by atoms with Gasteiger partial charge in [-0.3, -0.25) is 9.59 Å². The molecule has 2 saturated carbocycles. The van der Waals surface area contributed by atoms with Crippen LogP contribution in [0.5, 0.6) is 0 Å². The van der Waals surface area contributed by atoms with E-state index in [4.69, 9.17) is 4.74 Å². The molecule has 8 heteroatoms. The van der Waals surface area contributed by atoms with E-state index >= 15 is 0 Å². The summed E-state index contributed by atoms with van der Waals surface area (Å²) < 4.78 is 5.54. The number of nitrogens with one attached hydrogen (secondary N) is 1. The van der Waals surface area contributed by atoms with E-state index in [1.165, 1.54) is 0 Å². The van der Waals surface area contributed by atoms with Gasteiger partial charge in [-0.15, -0.1) is 0 Å². The Morgan fingerprint density at radius 3 is 2.29 bits per heavy atom. The van der Waals surface area contributed by atoms with E-state index in [-0.39, 0.29) is 30.4 Å². The van der Waals surface area contributed by atoms with Crippen molar-refractivity contribution in [1.82, 2.24) is 10.2 Å². The van der Waals surface area contributed by atoms with Gasteiger partial charge >= 0.3 is 12.1 Å². The number of nitrogens with zero attached hydrogens (tertiary/aromatic N) is 1. The molecule has 2 bridgehead atoms. The summed E-state index contributed by atoms with van der Waals surface area (Å²) in [5.41, 5.74) is 4.34. The quantitative estimate of drug-likeness (QED) is 0.590. The SMILES string of the molecule is O=C(O)CC(NC(=O)OCC1c2ccccc2-c2ccccc21)C(=O)N1CC2CC3CC2C1C3O. The highest BCUT2D eigenvalue weighted by Crippen LogP contribution is 2.55. The minimum atomic E-state index is -1.24. The predicted molar refractivity (Wildman–Crippen MR) is 125 cm³/mol. The smallest absolute Gasteiger partial charge is 0.407 e. The molecule has 1 heterocycles. The monoisotopic (exact) mass is 476 g/mol. The van der Waals surface area contributed by atoms with Gasteiger partial charge in [-0.1, -0.05) is 48.5 Å². The molecule has 4 aliphatic rings. The van der Waals surface area contributed by atoms with Crippen molar-refractivity contribution in [2.24, 2.45) is 17.8 Å². The summed E-state index contributed by atoms with van der Waals surface area (Å²) in [6.07, 6.45) is -0.138. The van der Waals surface area contributed by atoms with Gasteiger partial charge in [0.05, 0.1) is 18.6 Å². The topological polar surface area (TPSA) is 116 Å². The average molecular weight is 477 g/mol. The largest absolute Gasteiger partial charge is 0.481 e. The van der Waals surface area contributed by atoms with Crippen LogP contribution in [-0.4, -0.2) is 64.4 Å². The van der Waals surface area contributed by atoms with E-state index in [2.05, 4.69) is 5.32 Å². The lowest BCUT2D eigenvalue weighted by molar-refractivity contribution is -0.143. The van der Waals surface area contributed by atoms with E-state index in [1.54, 1.807) is 4.90 Å². The Balaban J connectivity index is 1.15. The highest BCUT2D eigenvalue weighted by atomic mass is 16.5. The average Bonchev–Trinajstić information content (AvgIpc) is 3.55. The molecular formula is C27H28N2O6. The van der Waals surface area contributed by atoms with Crippen LogP contribution in [-0.2, 0) is 14.3 Å². The number of alkyl carbamates (subject to hydrolysis) is 1. The third kappa shape index (κ3) is 3.58. The minimum absolute atomic E-state index is 0.0741. The number of rotatable bonds is 6. The molecule has 0 radical (unpaired) electrons. The number of likely N-dealkylation sites (tertiary alicyclic amines) is 1.